The first kappa shape index (κ1) is 24.8. The van der Waals surface area contributed by atoms with E-state index in [2.05, 4.69) is 4.90 Å². The SMILES string of the molecule is O=C1c2cc(-c3ccccc3)c(-c3ccccc3)cc2C(=O)N1c1ccc(N2c3ccccc3Oc3ccccc32)cc1. The minimum Gasteiger partial charge on any atom is -0.453 e. The fraction of sp³-hybridized carbons (Fsp3) is 0. The van der Waals surface area contributed by atoms with E-state index in [1.807, 2.05) is 146 Å². The summed E-state index contributed by atoms with van der Waals surface area (Å²) in [5.41, 5.74) is 7.84. The molecule has 5 heteroatoms. The van der Waals surface area contributed by atoms with Gasteiger partial charge in [-0.1, -0.05) is 84.9 Å². The topological polar surface area (TPSA) is 49.9 Å². The van der Waals surface area contributed by atoms with Gasteiger partial charge in [0.15, 0.2) is 11.5 Å². The van der Waals surface area contributed by atoms with Gasteiger partial charge in [0.05, 0.1) is 28.2 Å². The highest BCUT2D eigenvalue weighted by Crippen LogP contribution is 2.50. The van der Waals surface area contributed by atoms with E-state index in [1.165, 1.54) is 4.90 Å². The standard InChI is InChI=1S/C38H24N2O3/c41-37-31-23-29(25-11-3-1-4-12-25)30(26-13-5-2-6-14-26)24-32(31)38(42)40(37)28-21-19-27(20-22-28)39-33-15-7-9-17-35(33)43-36-18-10-8-16-34(36)39/h1-24H. The van der Waals surface area contributed by atoms with Crippen molar-refractivity contribution in [3.63, 3.8) is 0 Å². The molecule has 0 radical (unpaired) electrons. The average molecular weight is 557 g/mol. The van der Waals surface area contributed by atoms with Crippen molar-refractivity contribution < 1.29 is 14.3 Å². The number of benzene rings is 6. The minimum absolute atomic E-state index is 0.327. The van der Waals surface area contributed by atoms with Gasteiger partial charge in [0.2, 0.25) is 0 Å². The van der Waals surface area contributed by atoms with Crippen LogP contribution in [-0.2, 0) is 0 Å². The monoisotopic (exact) mass is 556 g/mol. The number of imide groups is 1. The Kier molecular flexibility index (Phi) is 5.69. The molecule has 2 aliphatic rings. The summed E-state index contributed by atoms with van der Waals surface area (Å²) in [6.07, 6.45) is 0. The van der Waals surface area contributed by atoms with Crippen LogP contribution in [0.4, 0.5) is 22.7 Å². The Bertz CT molecular complexity index is 1910. The van der Waals surface area contributed by atoms with Crippen molar-refractivity contribution in [3.8, 4) is 33.8 Å². The van der Waals surface area contributed by atoms with Gasteiger partial charge in [-0.05, 0) is 82.9 Å². The molecule has 0 fully saturated rings. The van der Waals surface area contributed by atoms with Crippen LogP contribution >= 0.6 is 0 Å². The maximum atomic E-state index is 13.8. The molecule has 5 nitrogen and oxygen atoms in total. The Balaban J connectivity index is 1.19. The summed E-state index contributed by atoms with van der Waals surface area (Å²) in [7, 11) is 0. The molecule has 0 N–H and O–H groups in total. The van der Waals surface area contributed by atoms with E-state index in [-0.39, 0.29) is 11.8 Å². The van der Waals surface area contributed by atoms with Crippen LogP contribution in [0.3, 0.4) is 0 Å². The van der Waals surface area contributed by atoms with Crippen molar-refractivity contribution >= 4 is 34.6 Å². The highest BCUT2D eigenvalue weighted by atomic mass is 16.5. The van der Waals surface area contributed by atoms with Crippen LogP contribution in [0.1, 0.15) is 20.7 Å². The molecule has 0 atom stereocenters. The van der Waals surface area contributed by atoms with Crippen molar-refractivity contribution in [2.24, 2.45) is 0 Å². The number of ether oxygens (including phenoxy) is 1. The van der Waals surface area contributed by atoms with E-state index >= 15 is 0 Å². The molecule has 2 aliphatic heterocycles. The molecule has 2 amide bonds. The number of amides is 2. The lowest BCUT2D eigenvalue weighted by Gasteiger charge is -2.32. The van der Waals surface area contributed by atoms with Crippen molar-refractivity contribution in [1.29, 1.82) is 0 Å². The van der Waals surface area contributed by atoms with E-state index in [4.69, 9.17) is 4.74 Å². The van der Waals surface area contributed by atoms with Gasteiger partial charge < -0.3 is 9.64 Å². The average Bonchev–Trinajstić information content (AvgIpc) is 3.32. The summed E-state index contributed by atoms with van der Waals surface area (Å²) in [5.74, 6) is 0.862. The molecule has 0 spiro atoms. The van der Waals surface area contributed by atoms with Crippen molar-refractivity contribution in [3.05, 3.63) is 157 Å². The summed E-state index contributed by atoms with van der Waals surface area (Å²) in [5, 5.41) is 0. The van der Waals surface area contributed by atoms with E-state index in [0.717, 1.165) is 50.8 Å². The van der Waals surface area contributed by atoms with Gasteiger partial charge in [-0.15, -0.1) is 0 Å². The van der Waals surface area contributed by atoms with Gasteiger partial charge in [-0.3, -0.25) is 9.59 Å². The first-order valence-electron chi connectivity index (χ1n) is 14.1. The molecule has 0 saturated carbocycles. The van der Waals surface area contributed by atoms with E-state index < -0.39 is 0 Å². The Morgan fingerprint density at radius 2 is 0.791 bits per heavy atom. The number of hydrogen-bond donors (Lipinski definition) is 0. The highest BCUT2D eigenvalue weighted by molar-refractivity contribution is 6.35. The van der Waals surface area contributed by atoms with Crippen molar-refractivity contribution in [2.75, 3.05) is 9.80 Å². The fourth-order valence-electron chi connectivity index (χ4n) is 5.97. The molecule has 0 aromatic heterocycles. The molecule has 0 aliphatic carbocycles. The molecule has 43 heavy (non-hydrogen) atoms. The zero-order valence-electron chi connectivity index (χ0n) is 23.0. The first-order valence-corrected chi connectivity index (χ1v) is 14.1. The highest BCUT2D eigenvalue weighted by Gasteiger charge is 2.38. The minimum atomic E-state index is -0.327. The zero-order valence-corrected chi connectivity index (χ0v) is 23.0. The van der Waals surface area contributed by atoms with Crippen molar-refractivity contribution in [1.82, 2.24) is 0 Å². The third kappa shape index (κ3) is 4.02. The van der Waals surface area contributed by atoms with Crippen LogP contribution in [-0.4, -0.2) is 11.8 Å². The lowest BCUT2D eigenvalue weighted by atomic mass is 9.90. The van der Waals surface area contributed by atoms with Crippen LogP contribution in [0.25, 0.3) is 22.3 Å². The Labute approximate surface area is 248 Å². The number of para-hydroxylation sites is 4. The normalized spacial score (nSPS) is 13.3. The third-order valence-corrected chi connectivity index (χ3v) is 7.99. The molecular formula is C38H24N2O3. The van der Waals surface area contributed by atoms with Gasteiger partial charge >= 0.3 is 0 Å². The zero-order chi connectivity index (χ0) is 28.9. The lowest BCUT2D eigenvalue weighted by molar-refractivity contribution is 0.0926. The molecule has 2 heterocycles. The number of carbonyl (C=O) groups excluding carboxylic acids is 2. The van der Waals surface area contributed by atoms with Crippen LogP contribution in [0.2, 0.25) is 0 Å². The van der Waals surface area contributed by atoms with Gasteiger partial charge in [-0.25, -0.2) is 4.90 Å². The Hall–Kier alpha value is -5.94. The number of carbonyl (C=O) groups is 2. The lowest BCUT2D eigenvalue weighted by Crippen LogP contribution is -2.29. The number of fused-ring (bicyclic) bond motifs is 3. The second kappa shape index (κ2) is 9.86. The number of anilines is 4. The summed E-state index contributed by atoms with van der Waals surface area (Å²) in [4.78, 5) is 31.1. The van der Waals surface area contributed by atoms with E-state index in [0.29, 0.717) is 16.8 Å². The van der Waals surface area contributed by atoms with Crippen LogP contribution in [0.5, 0.6) is 11.5 Å². The fourth-order valence-corrected chi connectivity index (χ4v) is 5.97. The second-order valence-corrected chi connectivity index (χ2v) is 10.5. The van der Waals surface area contributed by atoms with Gasteiger partial charge in [0, 0.05) is 5.69 Å². The molecule has 6 aromatic carbocycles. The second-order valence-electron chi connectivity index (χ2n) is 10.5. The summed E-state index contributed by atoms with van der Waals surface area (Å²) >= 11 is 0. The molecule has 0 bridgehead atoms. The Morgan fingerprint density at radius 3 is 1.26 bits per heavy atom. The first-order chi connectivity index (χ1) is 21.2. The van der Waals surface area contributed by atoms with Crippen LogP contribution in [0, 0.1) is 0 Å². The molecule has 8 rings (SSSR count). The van der Waals surface area contributed by atoms with E-state index in [9.17, 15) is 9.59 Å². The predicted octanol–water partition coefficient (Wildman–Crippen LogP) is 9.40. The maximum absolute atomic E-state index is 13.8. The maximum Gasteiger partial charge on any atom is 0.266 e. The molecule has 0 saturated heterocycles. The molecular weight excluding hydrogens is 532 g/mol. The summed E-state index contributed by atoms with van der Waals surface area (Å²) in [6, 6.07) is 46.9. The molecule has 6 aromatic rings. The van der Waals surface area contributed by atoms with E-state index in [1.54, 1.807) is 0 Å². The molecule has 0 unspecified atom stereocenters. The van der Waals surface area contributed by atoms with Gasteiger partial charge in [0.25, 0.3) is 11.8 Å². The van der Waals surface area contributed by atoms with Crippen LogP contribution in [0.15, 0.2) is 146 Å². The largest absolute Gasteiger partial charge is 0.453 e. The third-order valence-electron chi connectivity index (χ3n) is 7.99. The van der Waals surface area contributed by atoms with Gasteiger partial charge in [-0.2, -0.15) is 0 Å². The quantitative estimate of drug-likeness (QED) is 0.203. The van der Waals surface area contributed by atoms with Gasteiger partial charge in [0.1, 0.15) is 0 Å². The number of rotatable bonds is 4. The Morgan fingerprint density at radius 1 is 0.395 bits per heavy atom. The van der Waals surface area contributed by atoms with Crippen molar-refractivity contribution in [2.45, 2.75) is 0 Å². The van der Waals surface area contributed by atoms with Crippen LogP contribution < -0.4 is 14.5 Å². The predicted molar refractivity (Wildman–Crippen MR) is 170 cm³/mol. The summed E-state index contributed by atoms with van der Waals surface area (Å²) < 4.78 is 6.14. The smallest absolute Gasteiger partial charge is 0.266 e. The number of hydrogen-bond acceptors (Lipinski definition) is 4. The summed E-state index contributed by atoms with van der Waals surface area (Å²) in [6.45, 7) is 0. The number of nitrogens with zero attached hydrogens (tertiary/aromatic N) is 2. The molecule has 204 valence electrons.